The largest absolute Gasteiger partial charge is 0.494 e. The van der Waals surface area contributed by atoms with E-state index in [1.165, 1.54) is 0 Å². The van der Waals surface area contributed by atoms with Crippen LogP contribution in [0.2, 0.25) is 0 Å². The summed E-state index contributed by atoms with van der Waals surface area (Å²) in [6.07, 6.45) is 1.09. The average molecular weight is 376 g/mol. The van der Waals surface area contributed by atoms with E-state index in [2.05, 4.69) is 5.32 Å². The van der Waals surface area contributed by atoms with E-state index >= 15 is 0 Å². The molecule has 0 radical (unpaired) electrons. The average Bonchev–Trinajstić information content (AvgIpc) is 2.56. The smallest absolute Gasteiger partial charge is 0.247 e. The van der Waals surface area contributed by atoms with Crippen LogP contribution in [0.3, 0.4) is 0 Å². The number of aryl methyl sites for hydroxylation is 1. The SMILES string of the molecule is CCOc1cccc(NC(=O)[C@H](C)N(c2ccc(C)cc2)S(C)(=O)=O)c1. The van der Waals surface area contributed by atoms with Gasteiger partial charge >= 0.3 is 0 Å². The second-order valence-electron chi connectivity index (χ2n) is 6.02. The van der Waals surface area contributed by atoms with Gasteiger partial charge in [-0.1, -0.05) is 23.8 Å². The zero-order chi connectivity index (χ0) is 19.3. The van der Waals surface area contributed by atoms with Crippen LogP contribution in [0.1, 0.15) is 19.4 Å². The first-order valence-corrected chi connectivity index (χ1v) is 10.2. The molecule has 0 saturated carbocycles. The van der Waals surface area contributed by atoms with Gasteiger partial charge in [0.05, 0.1) is 18.6 Å². The highest BCUT2D eigenvalue weighted by molar-refractivity contribution is 7.92. The second kappa shape index (κ2) is 8.23. The fourth-order valence-corrected chi connectivity index (χ4v) is 3.75. The highest BCUT2D eigenvalue weighted by Crippen LogP contribution is 2.23. The van der Waals surface area contributed by atoms with Crippen molar-refractivity contribution in [1.82, 2.24) is 0 Å². The Morgan fingerprint density at radius 3 is 2.42 bits per heavy atom. The van der Waals surface area contributed by atoms with Gasteiger partial charge in [0, 0.05) is 11.8 Å². The molecule has 0 aromatic heterocycles. The minimum atomic E-state index is -3.64. The maximum absolute atomic E-state index is 12.7. The van der Waals surface area contributed by atoms with Crippen molar-refractivity contribution >= 4 is 27.3 Å². The summed E-state index contributed by atoms with van der Waals surface area (Å²) in [6.45, 7) is 5.86. The van der Waals surface area contributed by atoms with Crippen molar-refractivity contribution in [3.8, 4) is 5.75 Å². The molecule has 1 N–H and O–H groups in total. The Hall–Kier alpha value is -2.54. The van der Waals surface area contributed by atoms with E-state index in [4.69, 9.17) is 4.74 Å². The van der Waals surface area contributed by atoms with E-state index in [0.717, 1.165) is 16.1 Å². The molecule has 7 heteroatoms. The molecule has 0 saturated heterocycles. The quantitative estimate of drug-likeness (QED) is 0.805. The Kier molecular flexibility index (Phi) is 6.26. The van der Waals surface area contributed by atoms with Crippen LogP contribution in [-0.4, -0.2) is 33.2 Å². The van der Waals surface area contributed by atoms with Crippen molar-refractivity contribution in [2.24, 2.45) is 0 Å². The van der Waals surface area contributed by atoms with Crippen molar-refractivity contribution in [1.29, 1.82) is 0 Å². The third-order valence-electron chi connectivity index (χ3n) is 3.79. The van der Waals surface area contributed by atoms with Crippen LogP contribution in [0.4, 0.5) is 11.4 Å². The van der Waals surface area contributed by atoms with Crippen LogP contribution in [0, 0.1) is 6.92 Å². The van der Waals surface area contributed by atoms with E-state index in [0.29, 0.717) is 23.7 Å². The number of anilines is 2. The molecule has 0 aliphatic carbocycles. The highest BCUT2D eigenvalue weighted by Gasteiger charge is 2.29. The number of hydrogen-bond donors (Lipinski definition) is 1. The number of amides is 1. The molecule has 2 aromatic rings. The lowest BCUT2D eigenvalue weighted by Gasteiger charge is -2.28. The molecule has 2 rings (SSSR count). The third-order valence-corrected chi connectivity index (χ3v) is 5.03. The number of rotatable bonds is 7. The third kappa shape index (κ3) is 4.98. The molecule has 0 spiro atoms. The number of hydrogen-bond acceptors (Lipinski definition) is 4. The van der Waals surface area contributed by atoms with Crippen molar-refractivity contribution in [2.45, 2.75) is 26.8 Å². The topological polar surface area (TPSA) is 75.7 Å². The summed E-state index contributed by atoms with van der Waals surface area (Å²) in [5.41, 5.74) is 2.00. The number of carbonyl (C=O) groups is 1. The van der Waals surface area contributed by atoms with E-state index in [1.54, 1.807) is 43.3 Å². The zero-order valence-electron chi connectivity index (χ0n) is 15.4. The predicted octanol–water partition coefficient (Wildman–Crippen LogP) is 3.19. The van der Waals surface area contributed by atoms with Gasteiger partial charge in [-0.05, 0) is 45.0 Å². The number of benzene rings is 2. The van der Waals surface area contributed by atoms with E-state index in [-0.39, 0.29) is 0 Å². The van der Waals surface area contributed by atoms with Crippen LogP contribution in [0.15, 0.2) is 48.5 Å². The summed E-state index contributed by atoms with van der Waals surface area (Å²) in [5, 5.41) is 2.75. The lowest BCUT2D eigenvalue weighted by molar-refractivity contribution is -0.116. The van der Waals surface area contributed by atoms with Gasteiger partial charge < -0.3 is 10.1 Å². The molecule has 0 unspecified atom stereocenters. The summed E-state index contributed by atoms with van der Waals surface area (Å²) in [6, 6.07) is 13.1. The Morgan fingerprint density at radius 2 is 1.85 bits per heavy atom. The number of sulfonamides is 1. The molecular formula is C19H24N2O4S. The van der Waals surface area contributed by atoms with E-state index in [1.807, 2.05) is 26.0 Å². The molecule has 6 nitrogen and oxygen atoms in total. The van der Waals surface area contributed by atoms with E-state index < -0.39 is 22.0 Å². The molecule has 1 amide bonds. The van der Waals surface area contributed by atoms with Gasteiger partial charge in [0.2, 0.25) is 15.9 Å². The van der Waals surface area contributed by atoms with Gasteiger partial charge in [-0.2, -0.15) is 0 Å². The normalized spacial score (nSPS) is 12.3. The van der Waals surface area contributed by atoms with Gasteiger partial charge in [-0.25, -0.2) is 8.42 Å². The van der Waals surface area contributed by atoms with Crippen LogP contribution in [0.25, 0.3) is 0 Å². The van der Waals surface area contributed by atoms with E-state index in [9.17, 15) is 13.2 Å². The van der Waals surface area contributed by atoms with Gasteiger partial charge in [0.25, 0.3) is 0 Å². The van der Waals surface area contributed by atoms with Crippen molar-refractivity contribution in [3.63, 3.8) is 0 Å². The maximum atomic E-state index is 12.7. The molecule has 2 aromatic carbocycles. The van der Waals surface area contributed by atoms with Crippen LogP contribution in [0.5, 0.6) is 5.75 Å². The Morgan fingerprint density at radius 1 is 1.19 bits per heavy atom. The van der Waals surface area contributed by atoms with Crippen molar-refractivity contribution in [2.75, 3.05) is 22.5 Å². The summed E-state index contributed by atoms with van der Waals surface area (Å²) < 4.78 is 31.1. The monoisotopic (exact) mass is 376 g/mol. The minimum Gasteiger partial charge on any atom is -0.494 e. The molecule has 0 fully saturated rings. The summed E-state index contributed by atoms with van der Waals surface area (Å²) >= 11 is 0. The van der Waals surface area contributed by atoms with Crippen molar-refractivity contribution < 1.29 is 17.9 Å². The molecule has 0 bridgehead atoms. The fraction of sp³-hybridized carbons (Fsp3) is 0.316. The lowest BCUT2D eigenvalue weighted by atomic mass is 10.2. The Balaban J connectivity index is 2.25. The lowest BCUT2D eigenvalue weighted by Crippen LogP contribution is -2.45. The number of ether oxygens (including phenoxy) is 1. The summed E-state index contributed by atoms with van der Waals surface area (Å²) in [7, 11) is -3.64. The van der Waals surface area contributed by atoms with Gasteiger partial charge in [-0.15, -0.1) is 0 Å². The predicted molar refractivity (Wildman–Crippen MR) is 104 cm³/mol. The molecular weight excluding hydrogens is 352 g/mol. The minimum absolute atomic E-state index is 0.426. The Bertz CT molecular complexity index is 863. The van der Waals surface area contributed by atoms with Crippen LogP contribution < -0.4 is 14.4 Å². The standard InChI is InChI=1S/C19H24N2O4S/c1-5-25-18-8-6-7-16(13-18)20-19(22)15(3)21(26(4,23)24)17-11-9-14(2)10-12-17/h6-13,15H,5H2,1-4H3,(H,20,22)/t15-/m0/s1. The molecule has 26 heavy (non-hydrogen) atoms. The molecule has 0 heterocycles. The number of nitrogens with one attached hydrogen (secondary N) is 1. The molecule has 1 atom stereocenters. The Labute approximate surface area is 154 Å². The number of nitrogens with zero attached hydrogens (tertiary/aromatic N) is 1. The summed E-state index contributed by atoms with van der Waals surface area (Å²) in [4.78, 5) is 12.7. The molecule has 0 aliphatic rings. The van der Waals surface area contributed by atoms with Gasteiger partial charge in [0.1, 0.15) is 11.8 Å². The van der Waals surface area contributed by atoms with Gasteiger partial charge in [-0.3, -0.25) is 9.10 Å². The highest BCUT2D eigenvalue weighted by atomic mass is 32.2. The first kappa shape index (κ1) is 19.8. The maximum Gasteiger partial charge on any atom is 0.247 e. The zero-order valence-corrected chi connectivity index (χ0v) is 16.2. The van der Waals surface area contributed by atoms with Gasteiger partial charge in [0.15, 0.2) is 0 Å². The number of carbonyl (C=O) groups excluding carboxylic acids is 1. The van der Waals surface area contributed by atoms with Crippen molar-refractivity contribution in [3.05, 3.63) is 54.1 Å². The first-order chi connectivity index (χ1) is 12.2. The second-order valence-corrected chi connectivity index (χ2v) is 7.88. The molecule has 0 aliphatic heterocycles. The van der Waals surface area contributed by atoms with Crippen LogP contribution >= 0.6 is 0 Å². The fourth-order valence-electron chi connectivity index (χ4n) is 2.58. The molecule has 140 valence electrons. The summed E-state index contributed by atoms with van der Waals surface area (Å²) in [5.74, 6) is 0.209. The first-order valence-electron chi connectivity index (χ1n) is 8.32. The van der Waals surface area contributed by atoms with Crippen LogP contribution in [-0.2, 0) is 14.8 Å².